The number of rotatable bonds is 5. The second-order valence-corrected chi connectivity index (χ2v) is 3.83. The number of nitrogens with two attached hydrogens (primary N) is 1. The molecule has 0 spiro atoms. The van der Waals surface area contributed by atoms with Gasteiger partial charge in [0.1, 0.15) is 0 Å². The highest BCUT2D eigenvalue weighted by Crippen LogP contribution is 2.20. The summed E-state index contributed by atoms with van der Waals surface area (Å²) in [5.74, 6) is 0.522. The van der Waals surface area contributed by atoms with Crippen LogP contribution in [0.3, 0.4) is 0 Å². The van der Waals surface area contributed by atoms with Gasteiger partial charge in [0.2, 0.25) is 0 Å². The minimum Gasteiger partial charge on any atom is -0.395 e. The molecule has 1 rings (SSSR count). The summed E-state index contributed by atoms with van der Waals surface area (Å²) in [4.78, 5) is 0. The van der Waals surface area contributed by atoms with Crippen LogP contribution in [0.25, 0.3) is 0 Å². The largest absolute Gasteiger partial charge is 0.395 e. The first-order chi connectivity index (χ1) is 6.74. The number of hydrogen-bond donors (Lipinski definition) is 2. The molecule has 0 amide bonds. The summed E-state index contributed by atoms with van der Waals surface area (Å²) in [5.41, 5.74) is 6.99. The molecule has 3 N–H and O–H groups in total. The van der Waals surface area contributed by atoms with Crippen molar-refractivity contribution in [2.45, 2.75) is 31.7 Å². The first-order valence-electron chi connectivity index (χ1n) is 5.15. The highest BCUT2D eigenvalue weighted by Gasteiger charge is 2.07. The third-order valence-corrected chi connectivity index (χ3v) is 2.57. The Morgan fingerprint density at radius 1 is 1.21 bits per heavy atom. The molecule has 2 unspecified atom stereocenters. The topological polar surface area (TPSA) is 46.2 Å². The molecule has 1 aromatic carbocycles. The monoisotopic (exact) mass is 193 g/mol. The number of benzene rings is 1. The van der Waals surface area contributed by atoms with Crippen LogP contribution in [0.5, 0.6) is 0 Å². The van der Waals surface area contributed by atoms with Crippen molar-refractivity contribution >= 4 is 0 Å². The number of aliphatic hydroxyl groups excluding tert-OH is 1. The van der Waals surface area contributed by atoms with Crippen molar-refractivity contribution in [3.05, 3.63) is 35.9 Å². The van der Waals surface area contributed by atoms with Gasteiger partial charge in [-0.15, -0.1) is 0 Å². The normalized spacial score (nSPS) is 15.1. The Morgan fingerprint density at radius 2 is 1.86 bits per heavy atom. The summed E-state index contributed by atoms with van der Waals surface area (Å²) in [7, 11) is 0. The van der Waals surface area contributed by atoms with E-state index in [4.69, 9.17) is 10.8 Å². The van der Waals surface area contributed by atoms with E-state index in [2.05, 4.69) is 31.2 Å². The van der Waals surface area contributed by atoms with Gasteiger partial charge in [0.15, 0.2) is 0 Å². The smallest absolute Gasteiger partial charge is 0.0582 e. The van der Waals surface area contributed by atoms with Crippen LogP contribution in [0.15, 0.2) is 30.3 Å². The van der Waals surface area contributed by atoms with Gasteiger partial charge in [-0.25, -0.2) is 0 Å². The standard InChI is InChI=1S/C12H19NO/c1-10(7-8-12(13)9-14)11-5-3-2-4-6-11/h2-6,10,12,14H,7-9,13H2,1H3. The van der Waals surface area contributed by atoms with Crippen LogP contribution in [0.4, 0.5) is 0 Å². The summed E-state index contributed by atoms with van der Waals surface area (Å²) in [6.45, 7) is 2.28. The Labute approximate surface area is 85.8 Å². The van der Waals surface area contributed by atoms with E-state index in [1.165, 1.54) is 5.56 Å². The van der Waals surface area contributed by atoms with Gasteiger partial charge in [0.05, 0.1) is 6.61 Å². The molecule has 0 heterocycles. The summed E-state index contributed by atoms with van der Waals surface area (Å²) in [5, 5.41) is 8.79. The van der Waals surface area contributed by atoms with Crippen molar-refractivity contribution in [1.82, 2.24) is 0 Å². The fourth-order valence-electron chi connectivity index (χ4n) is 1.50. The molecule has 2 nitrogen and oxygen atoms in total. The zero-order valence-corrected chi connectivity index (χ0v) is 8.69. The molecule has 0 saturated heterocycles. The van der Waals surface area contributed by atoms with Crippen LogP contribution in [-0.4, -0.2) is 17.8 Å². The molecular weight excluding hydrogens is 174 g/mol. The summed E-state index contributed by atoms with van der Waals surface area (Å²) in [6, 6.07) is 10.3. The second-order valence-electron chi connectivity index (χ2n) is 3.83. The summed E-state index contributed by atoms with van der Waals surface area (Å²) >= 11 is 0. The zero-order valence-electron chi connectivity index (χ0n) is 8.69. The Bertz CT molecular complexity index is 248. The molecule has 1 aromatic rings. The van der Waals surface area contributed by atoms with Gasteiger partial charge < -0.3 is 10.8 Å². The zero-order chi connectivity index (χ0) is 10.4. The Hall–Kier alpha value is -0.860. The lowest BCUT2D eigenvalue weighted by atomic mass is 9.95. The minimum absolute atomic E-state index is 0.0684. The molecule has 0 radical (unpaired) electrons. The van der Waals surface area contributed by atoms with E-state index < -0.39 is 0 Å². The van der Waals surface area contributed by atoms with Crippen LogP contribution >= 0.6 is 0 Å². The highest BCUT2D eigenvalue weighted by atomic mass is 16.3. The van der Waals surface area contributed by atoms with Gasteiger partial charge in [-0.1, -0.05) is 37.3 Å². The predicted octanol–water partition coefficient (Wildman–Crippen LogP) is 1.89. The average Bonchev–Trinajstić information content (AvgIpc) is 2.26. The van der Waals surface area contributed by atoms with Gasteiger partial charge in [-0.2, -0.15) is 0 Å². The van der Waals surface area contributed by atoms with Crippen molar-refractivity contribution in [3.63, 3.8) is 0 Å². The van der Waals surface area contributed by atoms with Gasteiger partial charge >= 0.3 is 0 Å². The van der Waals surface area contributed by atoms with Crippen LogP contribution in [0, 0.1) is 0 Å². The van der Waals surface area contributed by atoms with Crippen molar-refractivity contribution < 1.29 is 5.11 Å². The number of hydrogen-bond acceptors (Lipinski definition) is 2. The van der Waals surface area contributed by atoms with Crippen molar-refractivity contribution in [1.29, 1.82) is 0 Å². The lowest BCUT2D eigenvalue weighted by Crippen LogP contribution is -2.24. The molecule has 14 heavy (non-hydrogen) atoms. The van der Waals surface area contributed by atoms with E-state index in [1.807, 2.05) is 6.07 Å². The van der Waals surface area contributed by atoms with E-state index >= 15 is 0 Å². The Kier molecular flexibility index (Phi) is 4.63. The van der Waals surface area contributed by atoms with Crippen LogP contribution in [-0.2, 0) is 0 Å². The van der Waals surface area contributed by atoms with Crippen molar-refractivity contribution in [3.8, 4) is 0 Å². The summed E-state index contributed by atoms with van der Waals surface area (Å²) < 4.78 is 0. The molecule has 2 heteroatoms. The fraction of sp³-hybridized carbons (Fsp3) is 0.500. The first-order valence-corrected chi connectivity index (χ1v) is 5.15. The molecule has 0 saturated carbocycles. The predicted molar refractivity (Wildman–Crippen MR) is 59.2 cm³/mol. The Balaban J connectivity index is 2.39. The van der Waals surface area contributed by atoms with E-state index in [9.17, 15) is 0 Å². The van der Waals surface area contributed by atoms with Crippen LogP contribution in [0.1, 0.15) is 31.2 Å². The average molecular weight is 193 g/mol. The fourth-order valence-corrected chi connectivity index (χ4v) is 1.50. The molecule has 0 aliphatic rings. The summed E-state index contributed by atoms with van der Waals surface area (Å²) in [6.07, 6.45) is 1.91. The second kappa shape index (κ2) is 5.78. The minimum atomic E-state index is -0.0684. The van der Waals surface area contributed by atoms with Crippen LogP contribution in [0.2, 0.25) is 0 Å². The SMILES string of the molecule is CC(CCC(N)CO)c1ccccc1. The van der Waals surface area contributed by atoms with E-state index in [0.717, 1.165) is 12.8 Å². The first kappa shape index (κ1) is 11.2. The quantitative estimate of drug-likeness (QED) is 0.750. The molecule has 0 fully saturated rings. The van der Waals surface area contributed by atoms with Gasteiger partial charge in [-0.3, -0.25) is 0 Å². The van der Waals surface area contributed by atoms with Gasteiger partial charge in [0, 0.05) is 6.04 Å². The third kappa shape index (κ3) is 3.48. The maximum atomic E-state index is 8.79. The molecule has 0 aliphatic carbocycles. The maximum absolute atomic E-state index is 8.79. The van der Waals surface area contributed by atoms with E-state index in [-0.39, 0.29) is 12.6 Å². The van der Waals surface area contributed by atoms with Gasteiger partial charge in [0.25, 0.3) is 0 Å². The van der Waals surface area contributed by atoms with E-state index in [0.29, 0.717) is 5.92 Å². The Morgan fingerprint density at radius 3 is 2.43 bits per heavy atom. The van der Waals surface area contributed by atoms with Crippen molar-refractivity contribution in [2.75, 3.05) is 6.61 Å². The lowest BCUT2D eigenvalue weighted by molar-refractivity contribution is 0.256. The molecule has 78 valence electrons. The molecular formula is C12H19NO. The third-order valence-electron chi connectivity index (χ3n) is 2.57. The molecule has 0 aliphatic heterocycles. The van der Waals surface area contributed by atoms with E-state index in [1.54, 1.807) is 0 Å². The lowest BCUT2D eigenvalue weighted by Gasteiger charge is -2.14. The van der Waals surface area contributed by atoms with Gasteiger partial charge in [-0.05, 0) is 24.3 Å². The van der Waals surface area contributed by atoms with Crippen molar-refractivity contribution in [2.24, 2.45) is 5.73 Å². The molecule has 0 aromatic heterocycles. The molecule has 2 atom stereocenters. The highest BCUT2D eigenvalue weighted by molar-refractivity contribution is 5.18. The maximum Gasteiger partial charge on any atom is 0.0582 e. The number of aliphatic hydroxyl groups is 1. The molecule has 0 bridgehead atoms. The van der Waals surface area contributed by atoms with Crippen LogP contribution < -0.4 is 5.73 Å².